The third-order valence-electron chi connectivity index (χ3n) is 13.0. The number of aromatic nitrogens is 4. The third-order valence-corrected chi connectivity index (χ3v) is 13.0. The summed E-state index contributed by atoms with van der Waals surface area (Å²) in [5.74, 6) is 1.35. The molecule has 57 heavy (non-hydrogen) atoms. The molecule has 0 saturated carbocycles. The minimum atomic E-state index is -0.503. The molecule has 0 amide bonds. The highest BCUT2D eigenvalue weighted by Crippen LogP contribution is 2.48. The molecular formula is C47H50F2N8. The van der Waals surface area contributed by atoms with Gasteiger partial charge in [-0.2, -0.15) is 0 Å². The van der Waals surface area contributed by atoms with Crippen LogP contribution in [0.3, 0.4) is 0 Å². The van der Waals surface area contributed by atoms with Crippen LogP contribution in [-0.4, -0.2) is 46.1 Å². The summed E-state index contributed by atoms with van der Waals surface area (Å²) < 4.78 is 32.8. The van der Waals surface area contributed by atoms with E-state index in [0.717, 1.165) is 110 Å². The molecule has 4 aliphatic rings. The Bertz CT molecular complexity index is 2150. The molecule has 0 spiro atoms. The van der Waals surface area contributed by atoms with Crippen molar-refractivity contribution >= 4 is 11.4 Å². The Labute approximate surface area is 333 Å². The summed E-state index contributed by atoms with van der Waals surface area (Å²) in [5, 5.41) is 7.04. The molecule has 4 unspecified atom stereocenters. The van der Waals surface area contributed by atoms with Crippen molar-refractivity contribution in [2.75, 3.05) is 36.0 Å². The molecule has 6 aromatic rings. The van der Waals surface area contributed by atoms with Gasteiger partial charge in [-0.3, -0.25) is 0 Å². The van der Waals surface area contributed by atoms with Gasteiger partial charge in [0.2, 0.25) is 0 Å². The molecule has 4 atom stereocenters. The molecule has 0 aliphatic carbocycles. The maximum Gasteiger partial charge on any atom is 0.151 e. The Morgan fingerprint density at radius 1 is 0.561 bits per heavy atom. The highest BCUT2D eigenvalue weighted by atomic mass is 19.1. The van der Waals surface area contributed by atoms with E-state index in [1.165, 1.54) is 5.56 Å². The molecule has 2 aromatic heterocycles. The number of hydrogen-bond acceptors (Lipinski definition) is 6. The summed E-state index contributed by atoms with van der Waals surface area (Å²) in [6, 6.07) is 31.2. The van der Waals surface area contributed by atoms with Crippen molar-refractivity contribution < 1.29 is 8.78 Å². The maximum atomic E-state index is 16.4. The van der Waals surface area contributed by atoms with Crippen LogP contribution < -0.4 is 20.4 Å². The van der Waals surface area contributed by atoms with E-state index in [-0.39, 0.29) is 29.9 Å². The summed E-state index contributed by atoms with van der Waals surface area (Å²) in [5.41, 5.74) is 8.30. The monoisotopic (exact) mass is 764 g/mol. The summed E-state index contributed by atoms with van der Waals surface area (Å²) in [4.78, 5) is 20.6. The summed E-state index contributed by atoms with van der Waals surface area (Å²) in [7, 11) is 0. The van der Waals surface area contributed by atoms with Crippen LogP contribution in [0.25, 0.3) is 22.5 Å². The minimum absolute atomic E-state index is 0.0657. The average Bonchev–Trinajstić information content (AvgIpc) is 4.11. The van der Waals surface area contributed by atoms with Gasteiger partial charge in [0.25, 0.3) is 0 Å². The number of nitrogens with zero attached hydrogens (tertiary/aromatic N) is 4. The fraction of sp³-hybridized carbons (Fsp3) is 0.362. The zero-order valence-corrected chi connectivity index (χ0v) is 32.2. The first kappa shape index (κ1) is 36.0. The molecule has 10 rings (SSSR count). The van der Waals surface area contributed by atoms with Crippen molar-refractivity contribution in [2.45, 2.75) is 81.5 Å². The first-order valence-electron chi connectivity index (χ1n) is 20.9. The van der Waals surface area contributed by atoms with E-state index in [4.69, 9.17) is 0 Å². The molecule has 0 bridgehead atoms. The van der Waals surface area contributed by atoms with Crippen LogP contribution in [0.5, 0.6) is 0 Å². The van der Waals surface area contributed by atoms with Crippen molar-refractivity contribution in [3.05, 3.63) is 143 Å². The highest BCUT2D eigenvalue weighted by molar-refractivity contribution is 5.64. The molecule has 10 heteroatoms. The van der Waals surface area contributed by atoms with Crippen molar-refractivity contribution in [1.29, 1.82) is 0 Å². The SMILES string of the molecule is Fc1cc(N2C(c3ccc(-c4cnc(C5CCCN5)[nH]4)cc3)CCC2c2ccc(-c3cnc(C4CCCN4)[nH]3)cc2)cc(F)c1N1CCC(c2ccccc2)CC1. The third kappa shape index (κ3) is 7.14. The van der Waals surface area contributed by atoms with Gasteiger partial charge in [0.05, 0.1) is 47.9 Å². The molecule has 4 fully saturated rings. The van der Waals surface area contributed by atoms with Crippen molar-refractivity contribution in [3.63, 3.8) is 0 Å². The molecular weight excluding hydrogens is 715 g/mol. The second-order valence-electron chi connectivity index (χ2n) is 16.4. The van der Waals surface area contributed by atoms with Gasteiger partial charge < -0.3 is 30.4 Å². The lowest BCUT2D eigenvalue weighted by Crippen LogP contribution is -2.34. The number of aromatic amines is 2. The van der Waals surface area contributed by atoms with Gasteiger partial charge in [0, 0.05) is 18.8 Å². The lowest BCUT2D eigenvalue weighted by Gasteiger charge is -2.36. The Kier molecular flexibility index (Phi) is 9.84. The summed E-state index contributed by atoms with van der Waals surface area (Å²) in [6.07, 6.45) is 11.8. The largest absolute Gasteiger partial charge is 0.367 e. The second-order valence-corrected chi connectivity index (χ2v) is 16.4. The lowest BCUT2D eigenvalue weighted by molar-refractivity contribution is 0.486. The number of H-pyrrole nitrogens is 2. The van der Waals surface area contributed by atoms with Gasteiger partial charge in [-0.15, -0.1) is 0 Å². The average molecular weight is 765 g/mol. The van der Waals surface area contributed by atoms with E-state index in [1.54, 1.807) is 12.1 Å². The molecule has 0 radical (unpaired) electrons. The van der Waals surface area contributed by atoms with Crippen LogP contribution in [0.15, 0.2) is 103 Å². The first-order valence-corrected chi connectivity index (χ1v) is 20.9. The number of benzene rings is 4. The molecule has 4 aromatic carbocycles. The number of halogens is 2. The van der Waals surface area contributed by atoms with Crippen LogP contribution in [0, 0.1) is 11.6 Å². The number of imidazole rings is 2. The van der Waals surface area contributed by atoms with E-state index in [1.807, 2.05) is 23.4 Å². The van der Waals surface area contributed by atoms with Crippen LogP contribution >= 0.6 is 0 Å². The molecule has 4 N–H and O–H groups in total. The molecule has 8 nitrogen and oxygen atoms in total. The van der Waals surface area contributed by atoms with Gasteiger partial charge in [-0.25, -0.2) is 18.7 Å². The van der Waals surface area contributed by atoms with E-state index in [2.05, 4.69) is 108 Å². The zero-order chi connectivity index (χ0) is 38.3. The van der Waals surface area contributed by atoms with Gasteiger partial charge in [0.1, 0.15) is 17.3 Å². The Balaban J connectivity index is 0.937. The van der Waals surface area contributed by atoms with Gasteiger partial charge >= 0.3 is 0 Å². The Morgan fingerprint density at radius 3 is 1.54 bits per heavy atom. The van der Waals surface area contributed by atoms with Crippen molar-refractivity contribution in [1.82, 2.24) is 30.6 Å². The van der Waals surface area contributed by atoms with Crippen LogP contribution in [0.1, 0.15) is 110 Å². The number of nitrogens with one attached hydrogen (secondary N) is 4. The van der Waals surface area contributed by atoms with Gasteiger partial charge in [-0.1, -0.05) is 78.9 Å². The van der Waals surface area contributed by atoms with E-state index >= 15 is 8.78 Å². The quantitative estimate of drug-likeness (QED) is 0.117. The van der Waals surface area contributed by atoms with E-state index in [9.17, 15) is 0 Å². The normalized spacial score (nSPS) is 22.8. The predicted molar refractivity (Wildman–Crippen MR) is 222 cm³/mol. The maximum absolute atomic E-state index is 16.4. The van der Waals surface area contributed by atoms with Crippen molar-refractivity contribution in [3.8, 4) is 22.5 Å². The fourth-order valence-electron chi connectivity index (χ4n) is 9.92. The number of piperidine rings is 1. The summed E-state index contributed by atoms with van der Waals surface area (Å²) >= 11 is 0. The smallest absolute Gasteiger partial charge is 0.151 e. The van der Waals surface area contributed by atoms with Gasteiger partial charge in [0.15, 0.2) is 11.6 Å². The lowest BCUT2D eigenvalue weighted by atomic mass is 9.89. The fourth-order valence-corrected chi connectivity index (χ4v) is 9.92. The highest BCUT2D eigenvalue weighted by Gasteiger charge is 2.37. The van der Waals surface area contributed by atoms with E-state index in [0.29, 0.717) is 24.7 Å². The Morgan fingerprint density at radius 2 is 1.07 bits per heavy atom. The van der Waals surface area contributed by atoms with Crippen molar-refractivity contribution in [2.24, 2.45) is 0 Å². The van der Waals surface area contributed by atoms with Crippen LogP contribution in [-0.2, 0) is 0 Å². The number of rotatable bonds is 9. The molecule has 4 aliphatic heterocycles. The number of anilines is 2. The standard InChI is InChI=1S/C47H50F2N8/c48-37-26-36(27-38(49)45(37)56-24-20-31(21-25-56)30-6-2-1-3-7-30)57-43(34-14-10-32(11-15-34)41-28-52-46(54-41)39-8-4-22-50-39)18-19-44(57)35-16-12-33(13-17-35)42-29-53-47(55-42)40-9-5-23-51-40/h1-3,6-7,10-17,26-29,31,39-40,43-44,50-51H,4-5,8-9,18-25H2,(H,52,54)(H,53,55). The Hall–Kier alpha value is -5.32. The second kappa shape index (κ2) is 15.6. The molecule has 6 heterocycles. The van der Waals surface area contributed by atoms with Crippen LogP contribution in [0.2, 0.25) is 0 Å². The molecule has 292 valence electrons. The molecule has 4 saturated heterocycles. The minimum Gasteiger partial charge on any atom is -0.367 e. The van der Waals surface area contributed by atoms with Gasteiger partial charge in [-0.05, 0) is 110 Å². The first-order chi connectivity index (χ1) is 28.1. The number of hydrogen-bond donors (Lipinski definition) is 4. The predicted octanol–water partition coefficient (Wildman–Crippen LogP) is 10.1. The van der Waals surface area contributed by atoms with E-state index < -0.39 is 11.6 Å². The van der Waals surface area contributed by atoms with Crippen LogP contribution in [0.4, 0.5) is 20.2 Å². The topological polar surface area (TPSA) is 87.9 Å². The zero-order valence-electron chi connectivity index (χ0n) is 32.2. The summed E-state index contributed by atoms with van der Waals surface area (Å²) in [6.45, 7) is 3.27.